The van der Waals surface area contributed by atoms with Crippen LogP contribution in [0.25, 0.3) is 0 Å². The Balaban J connectivity index is -0.00000113. The maximum atomic E-state index is 12.8. The predicted molar refractivity (Wildman–Crippen MR) is 173 cm³/mol. The van der Waals surface area contributed by atoms with Crippen molar-refractivity contribution in [2.75, 3.05) is 37.5 Å². The molecule has 1 aromatic rings. The third kappa shape index (κ3) is 21.5. The Bertz CT molecular complexity index is 1030. The van der Waals surface area contributed by atoms with E-state index in [1.54, 1.807) is 46.8 Å². The number of ether oxygens (including phenoxy) is 4. The van der Waals surface area contributed by atoms with Crippen LogP contribution in [0.2, 0.25) is 0 Å². The van der Waals surface area contributed by atoms with Gasteiger partial charge in [-0.25, -0.2) is 9.59 Å². The second-order valence-corrected chi connectivity index (χ2v) is 9.87. The molecule has 3 amide bonds. The minimum atomic E-state index is -2.09. The number of aliphatic carboxylic acids is 1. The summed E-state index contributed by atoms with van der Waals surface area (Å²) in [6, 6.07) is 6.08. The van der Waals surface area contributed by atoms with Crippen molar-refractivity contribution in [1.29, 1.82) is 0 Å². The number of nitrogens with one attached hydrogen (secondary N) is 3. The van der Waals surface area contributed by atoms with E-state index in [0.717, 1.165) is 0 Å². The number of benzene rings is 1. The van der Waals surface area contributed by atoms with Gasteiger partial charge in [0.1, 0.15) is 12.2 Å². The minimum Gasteiger partial charge on any atom is -0.768 e. The van der Waals surface area contributed by atoms with Crippen molar-refractivity contribution < 1.29 is 99.4 Å². The molecule has 0 saturated carbocycles. The van der Waals surface area contributed by atoms with Crippen LogP contribution in [0.1, 0.15) is 76.2 Å². The first-order valence-corrected chi connectivity index (χ1v) is 15.0. The molecule has 0 spiro atoms. The number of rotatable bonds is 13. The predicted octanol–water partition coefficient (Wildman–Crippen LogP) is 2.37. The molecule has 45 heavy (non-hydrogen) atoms. The van der Waals surface area contributed by atoms with E-state index in [4.69, 9.17) is 26.8 Å². The van der Waals surface area contributed by atoms with E-state index in [1.165, 1.54) is 19.2 Å². The first-order valence-electron chi connectivity index (χ1n) is 14.6. The standard InChI is InChI=1S/C24H35N3O10S.3C2H6.K/c1-14(2)18(28)34-11-15(3)37-23(4,5)19(29)26-16-8-7-9-17(10-16)27-22(33)36-13-24(38,20(30)31)12-35-21(32)25-6;3*1-2;/h7-10,14-15,38H,11-13H2,1-6H3,(H,25,32)(H,26,29)(H,27,33)(H,30,31);3*1-2H3;/q;;;;+1/p-1. The molecule has 0 saturated heterocycles. The summed E-state index contributed by atoms with van der Waals surface area (Å²) in [4.78, 5) is 59.3. The quantitative estimate of drug-likeness (QED) is 0.104. The van der Waals surface area contributed by atoms with Gasteiger partial charge in [0.15, 0.2) is 0 Å². The van der Waals surface area contributed by atoms with Crippen molar-refractivity contribution in [2.24, 2.45) is 5.92 Å². The summed E-state index contributed by atoms with van der Waals surface area (Å²) >= 11 is 4.95. The van der Waals surface area contributed by atoms with E-state index in [1.807, 2.05) is 41.5 Å². The van der Waals surface area contributed by atoms with E-state index in [0.29, 0.717) is 5.69 Å². The second-order valence-electron chi connectivity index (χ2n) is 9.09. The molecule has 1 aromatic carbocycles. The normalized spacial score (nSPS) is 11.8. The van der Waals surface area contributed by atoms with Gasteiger partial charge in [-0.15, -0.1) is 0 Å². The second kappa shape index (κ2) is 27.2. The number of carboxylic acid groups (broad SMARTS) is 1. The maximum absolute atomic E-state index is 12.8. The van der Waals surface area contributed by atoms with Gasteiger partial charge in [-0.05, 0) is 39.0 Å². The Morgan fingerprint density at radius 3 is 1.76 bits per heavy atom. The summed E-state index contributed by atoms with van der Waals surface area (Å²) in [5, 5.41) is 16.6. The molecule has 0 aliphatic rings. The zero-order valence-electron chi connectivity index (χ0n) is 29.1. The monoisotopic (exact) mass is 685 g/mol. The Kier molecular flexibility index (Phi) is 30.3. The topological polar surface area (TPSA) is 179 Å². The number of hydrogen-bond donors (Lipinski definition) is 4. The third-order valence-corrected chi connectivity index (χ3v) is 5.22. The first-order chi connectivity index (χ1) is 20.6. The molecule has 15 heteroatoms. The molecule has 0 bridgehead atoms. The first kappa shape index (κ1) is 50.0. The zero-order chi connectivity index (χ0) is 35.1. The number of hydrogen-bond acceptors (Lipinski definition) is 10. The van der Waals surface area contributed by atoms with Gasteiger partial charge in [0, 0.05) is 23.2 Å². The fourth-order valence-corrected chi connectivity index (χ4v) is 2.79. The van der Waals surface area contributed by atoms with Gasteiger partial charge in [-0.1, -0.05) is 61.5 Å². The van der Waals surface area contributed by atoms with Gasteiger partial charge in [-0.2, -0.15) is 0 Å². The average molecular weight is 686 g/mol. The Hall–Kier alpha value is -1.88. The van der Waals surface area contributed by atoms with Crippen molar-refractivity contribution in [3.8, 4) is 0 Å². The van der Waals surface area contributed by atoms with Crippen LogP contribution in [-0.4, -0.2) is 78.5 Å². The molecule has 1 rings (SSSR count). The number of amides is 3. The molecule has 0 aromatic heterocycles. The molecule has 0 aliphatic carbocycles. The van der Waals surface area contributed by atoms with Crippen LogP contribution in [-0.2, 0) is 46.0 Å². The van der Waals surface area contributed by atoms with Crippen LogP contribution >= 0.6 is 0 Å². The number of alkyl carbamates (subject to hydrolysis) is 1. The summed E-state index contributed by atoms with van der Waals surface area (Å²) in [6.45, 7) is 18.7. The van der Waals surface area contributed by atoms with E-state index < -0.39 is 53.7 Å². The number of carbonyl (C=O) groups excluding carboxylic acids is 4. The zero-order valence-corrected chi connectivity index (χ0v) is 33.1. The molecule has 2 unspecified atom stereocenters. The van der Waals surface area contributed by atoms with Crippen LogP contribution in [0.3, 0.4) is 0 Å². The van der Waals surface area contributed by atoms with Gasteiger partial charge in [0.25, 0.3) is 11.9 Å². The van der Waals surface area contributed by atoms with Crippen molar-refractivity contribution in [3.63, 3.8) is 0 Å². The van der Waals surface area contributed by atoms with Gasteiger partial charge in [0.05, 0.1) is 25.2 Å². The Morgan fingerprint density at radius 2 is 1.31 bits per heavy atom. The SMILES string of the molecule is CC.CC.CC.CNC(=O)OCC([S-])(COC(=O)Nc1cccc(NC(=O)C(C)(C)OC(C)COC(=O)C(C)C)c1)C(=O)O.[K+]. The molecule has 0 fully saturated rings. The summed E-state index contributed by atoms with van der Waals surface area (Å²) < 4.78 is 18.4. The summed E-state index contributed by atoms with van der Waals surface area (Å²) in [5.74, 6) is -2.65. The number of carboxylic acids is 1. The van der Waals surface area contributed by atoms with Crippen molar-refractivity contribution in [1.82, 2.24) is 5.32 Å². The molecular formula is C30H52KN3O10S. The third-order valence-electron chi connectivity index (χ3n) is 4.81. The molecule has 254 valence electrons. The van der Waals surface area contributed by atoms with E-state index in [9.17, 15) is 29.1 Å². The van der Waals surface area contributed by atoms with Crippen LogP contribution in [0, 0.1) is 5.92 Å². The largest absolute Gasteiger partial charge is 1.00 e. The van der Waals surface area contributed by atoms with Crippen molar-refractivity contribution >= 4 is 54.0 Å². The summed E-state index contributed by atoms with van der Waals surface area (Å²) in [5.41, 5.74) is -0.732. The Morgan fingerprint density at radius 1 is 0.844 bits per heavy atom. The van der Waals surface area contributed by atoms with Crippen molar-refractivity contribution in [2.45, 2.75) is 92.6 Å². The van der Waals surface area contributed by atoms with Gasteiger partial charge in [-0.3, -0.25) is 19.7 Å². The molecule has 2 atom stereocenters. The smallest absolute Gasteiger partial charge is 0.768 e. The molecule has 0 heterocycles. The van der Waals surface area contributed by atoms with Crippen LogP contribution in [0.5, 0.6) is 0 Å². The van der Waals surface area contributed by atoms with Gasteiger partial charge < -0.3 is 47.3 Å². The van der Waals surface area contributed by atoms with E-state index >= 15 is 0 Å². The fourth-order valence-electron chi connectivity index (χ4n) is 2.67. The van der Waals surface area contributed by atoms with Crippen LogP contribution in [0.15, 0.2) is 24.3 Å². The summed E-state index contributed by atoms with van der Waals surface area (Å²) in [7, 11) is 1.29. The summed E-state index contributed by atoms with van der Waals surface area (Å²) in [6.07, 6.45) is -2.45. The van der Waals surface area contributed by atoms with Crippen LogP contribution in [0.4, 0.5) is 21.0 Å². The maximum Gasteiger partial charge on any atom is 1.00 e. The molecule has 4 N–H and O–H groups in total. The minimum absolute atomic E-state index is 0. The number of esters is 1. The number of anilines is 2. The van der Waals surface area contributed by atoms with Gasteiger partial charge in [0.2, 0.25) is 0 Å². The van der Waals surface area contributed by atoms with E-state index in [2.05, 4.69) is 20.7 Å². The molecule has 0 aliphatic heterocycles. The van der Waals surface area contributed by atoms with Crippen molar-refractivity contribution in [3.05, 3.63) is 24.3 Å². The fraction of sp³-hybridized carbons (Fsp3) is 0.633. The molecule has 0 radical (unpaired) electrons. The molecular weight excluding hydrogens is 634 g/mol. The van der Waals surface area contributed by atoms with E-state index in [-0.39, 0.29) is 75.6 Å². The number of carbonyl (C=O) groups is 5. The molecule has 13 nitrogen and oxygen atoms in total. The average Bonchev–Trinajstić information content (AvgIpc) is 3.00. The van der Waals surface area contributed by atoms with Gasteiger partial charge >= 0.3 is 69.5 Å². The van der Waals surface area contributed by atoms with Crippen LogP contribution < -0.4 is 67.3 Å². The Labute approximate surface area is 316 Å².